The van der Waals surface area contributed by atoms with E-state index in [1.54, 1.807) is 0 Å². The van der Waals surface area contributed by atoms with Gasteiger partial charge in [-0.15, -0.1) is 0 Å². The summed E-state index contributed by atoms with van der Waals surface area (Å²) in [5.74, 6) is 6.79. The molecule has 8 nitrogen and oxygen atoms in total. The lowest BCUT2D eigenvalue weighted by Crippen LogP contribution is -2.68. The van der Waals surface area contributed by atoms with Crippen LogP contribution in [-0.4, -0.2) is 37.0 Å². The molecule has 0 spiro atoms. The maximum atomic E-state index is 11.5. The molecule has 1 heterocycles. The highest BCUT2D eigenvalue weighted by molar-refractivity contribution is 7.22. The van der Waals surface area contributed by atoms with Crippen LogP contribution in [0.3, 0.4) is 0 Å². The van der Waals surface area contributed by atoms with E-state index in [-0.39, 0.29) is 16.1 Å². The molecule has 5 aromatic rings. The Morgan fingerprint density at radius 3 is 2.28 bits per heavy atom. The monoisotopic (exact) mass is 660 g/mol. The van der Waals surface area contributed by atoms with Crippen LogP contribution in [0.4, 0.5) is 15.6 Å². The summed E-state index contributed by atoms with van der Waals surface area (Å²) < 4.78 is 8.10. The zero-order chi connectivity index (χ0) is 33.4. The van der Waals surface area contributed by atoms with Crippen molar-refractivity contribution in [3.63, 3.8) is 0 Å². The molecule has 0 atom stereocenters. The van der Waals surface area contributed by atoms with Gasteiger partial charge in [0, 0.05) is 17.8 Å². The number of hydrogen-bond acceptors (Lipinski definition) is 6. The Bertz CT molecular complexity index is 1920. The standard InChI is InChI=1S/C37H36N4O4SSi/c1-5-33(42)39-25-27-14-12-16-28(22-27)38-21-13-15-26-23-31(34-32(24-26)46-35(40-34)41-36(43)44)45-47(37(2,3)4,29-17-8-6-9-18-29)30-19-10-7-11-20-30/h5-12,14,16-20,22-24,38H,1,21,25H2,2-4H3,(H,39,42)(H,40,41)(H,43,44). The van der Waals surface area contributed by atoms with Crippen molar-refractivity contribution >= 4 is 63.1 Å². The van der Waals surface area contributed by atoms with Gasteiger partial charge in [-0.1, -0.05) is 123 Å². The third-order valence-corrected chi connectivity index (χ3v) is 13.4. The van der Waals surface area contributed by atoms with Crippen LogP contribution in [0.15, 0.2) is 110 Å². The van der Waals surface area contributed by atoms with Crippen LogP contribution in [0.5, 0.6) is 5.75 Å². The molecule has 0 aliphatic rings. The lowest BCUT2D eigenvalue weighted by Gasteiger charge is -2.43. The van der Waals surface area contributed by atoms with Gasteiger partial charge in [-0.2, -0.15) is 0 Å². The first-order valence-corrected chi connectivity index (χ1v) is 17.8. The molecule has 0 unspecified atom stereocenters. The van der Waals surface area contributed by atoms with Crippen LogP contribution in [0.1, 0.15) is 31.9 Å². The van der Waals surface area contributed by atoms with E-state index in [0.717, 1.165) is 31.9 Å². The molecule has 0 radical (unpaired) electrons. The number of fused-ring (bicyclic) bond motifs is 1. The molecule has 0 bridgehead atoms. The van der Waals surface area contributed by atoms with Crippen LogP contribution in [0, 0.1) is 11.8 Å². The summed E-state index contributed by atoms with van der Waals surface area (Å²) >= 11 is 1.24. The second kappa shape index (κ2) is 14.4. The number of carbonyl (C=O) groups is 2. The third kappa shape index (κ3) is 7.72. The van der Waals surface area contributed by atoms with Gasteiger partial charge < -0.3 is 20.2 Å². The van der Waals surface area contributed by atoms with Crippen LogP contribution in [-0.2, 0) is 11.3 Å². The van der Waals surface area contributed by atoms with Gasteiger partial charge in [0.25, 0.3) is 0 Å². The van der Waals surface area contributed by atoms with E-state index >= 15 is 0 Å². The van der Waals surface area contributed by atoms with Gasteiger partial charge in [-0.05, 0) is 51.3 Å². The number of nitrogens with one attached hydrogen (secondary N) is 3. The van der Waals surface area contributed by atoms with Crippen molar-refractivity contribution in [2.45, 2.75) is 32.4 Å². The third-order valence-electron chi connectivity index (χ3n) is 7.55. The van der Waals surface area contributed by atoms with Gasteiger partial charge in [-0.3, -0.25) is 10.1 Å². The quantitative estimate of drug-likeness (QED) is 0.0764. The zero-order valence-electron chi connectivity index (χ0n) is 26.5. The van der Waals surface area contributed by atoms with Gasteiger partial charge in [0.1, 0.15) is 11.3 Å². The highest BCUT2D eigenvalue weighted by atomic mass is 32.1. The molecular formula is C37H36N4O4SSi. The van der Waals surface area contributed by atoms with Gasteiger partial charge in [0.15, 0.2) is 5.13 Å². The Hall–Kier alpha value is -5.37. The minimum atomic E-state index is -3.02. The number of anilines is 2. The zero-order valence-corrected chi connectivity index (χ0v) is 28.3. The van der Waals surface area contributed by atoms with Crippen molar-refractivity contribution < 1.29 is 19.1 Å². The SMILES string of the molecule is C=CC(=O)NCc1cccc(NCC#Cc2cc(O[Si](c3ccccc3)(c3ccccc3)C(C)(C)C)c3nc(NC(=O)O)sc3c2)c1. The second-order valence-electron chi connectivity index (χ2n) is 11.8. The fourth-order valence-corrected chi connectivity index (χ4v) is 10.8. The molecule has 2 amide bonds. The number of thiazole rings is 1. The van der Waals surface area contributed by atoms with E-state index in [2.05, 4.69) is 84.4 Å². The van der Waals surface area contributed by atoms with Gasteiger partial charge in [0.2, 0.25) is 5.91 Å². The number of amides is 2. The Balaban J connectivity index is 1.52. The summed E-state index contributed by atoms with van der Waals surface area (Å²) in [7, 11) is -3.02. The normalized spacial score (nSPS) is 11.2. The van der Waals surface area contributed by atoms with Gasteiger partial charge in [-0.25, -0.2) is 9.78 Å². The highest BCUT2D eigenvalue weighted by Crippen LogP contribution is 2.41. The molecule has 0 fully saturated rings. The summed E-state index contributed by atoms with van der Waals surface area (Å²) in [4.78, 5) is 27.7. The minimum absolute atomic E-state index is 0.226. The molecule has 0 aliphatic carbocycles. The minimum Gasteiger partial charge on any atom is -0.532 e. The number of nitrogens with zero attached hydrogens (tertiary/aromatic N) is 1. The number of carbonyl (C=O) groups excluding carboxylic acids is 1. The fraction of sp³-hybridized carbons (Fsp3) is 0.162. The van der Waals surface area contributed by atoms with Crippen molar-refractivity contribution in [3.05, 3.63) is 121 Å². The van der Waals surface area contributed by atoms with E-state index in [9.17, 15) is 14.7 Å². The van der Waals surface area contributed by atoms with Gasteiger partial charge >= 0.3 is 14.4 Å². The molecule has 0 aliphatic heterocycles. The number of rotatable bonds is 10. The van der Waals surface area contributed by atoms with Crippen LogP contribution in [0.25, 0.3) is 10.2 Å². The second-order valence-corrected chi connectivity index (χ2v) is 17.1. The predicted molar refractivity (Wildman–Crippen MR) is 193 cm³/mol. The largest absolute Gasteiger partial charge is 0.532 e. The number of aromatic nitrogens is 1. The Labute approximate surface area is 279 Å². The molecule has 4 N–H and O–H groups in total. The highest BCUT2D eigenvalue weighted by Gasteiger charge is 2.52. The molecular weight excluding hydrogens is 625 g/mol. The van der Waals surface area contributed by atoms with Crippen molar-refractivity contribution in [2.75, 3.05) is 17.2 Å². The molecule has 5 rings (SSSR count). The maximum absolute atomic E-state index is 11.5. The van der Waals surface area contributed by atoms with E-state index < -0.39 is 14.4 Å². The average Bonchev–Trinajstić information content (AvgIpc) is 3.46. The van der Waals surface area contributed by atoms with Gasteiger partial charge in [0.05, 0.1) is 11.2 Å². The molecule has 1 aromatic heterocycles. The Morgan fingerprint density at radius 2 is 1.66 bits per heavy atom. The topological polar surface area (TPSA) is 113 Å². The summed E-state index contributed by atoms with van der Waals surface area (Å²) in [5, 5.41) is 20.1. The van der Waals surface area contributed by atoms with E-state index in [1.807, 2.05) is 72.8 Å². The maximum Gasteiger partial charge on any atom is 0.410 e. The molecule has 10 heteroatoms. The first-order chi connectivity index (χ1) is 22.6. The number of benzene rings is 4. The Morgan fingerprint density at radius 1 is 0.979 bits per heavy atom. The molecule has 47 heavy (non-hydrogen) atoms. The summed E-state index contributed by atoms with van der Waals surface area (Å²) in [6, 6.07) is 32.2. The van der Waals surface area contributed by atoms with Crippen LogP contribution in [0.2, 0.25) is 5.04 Å². The first-order valence-electron chi connectivity index (χ1n) is 15.1. The van der Waals surface area contributed by atoms with Crippen molar-refractivity contribution in [2.24, 2.45) is 0 Å². The Kier molecular flexibility index (Phi) is 10.1. The van der Waals surface area contributed by atoms with E-state index in [1.165, 1.54) is 17.4 Å². The first kappa shape index (κ1) is 33.0. The molecule has 4 aromatic carbocycles. The average molecular weight is 661 g/mol. The van der Waals surface area contributed by atoms with E-state index in [0.29, 0.717) is 24.4 Å². The van der Waals surface area contributed by atoms with Crippen LogP contribution >= 0.6 is 11.3 Å². The van der Waals surface area contributed by atoms with Crippen molar-refractivity contribution in [3.8, 4) is 17.6 Å². The van der Waals surface area contributed by atoms with Crippen molar-refractivity contribution in [1.29, 1.82) is 0 Å². The molecule has 0 saturated heterocycles. The lowest BCUT2D eigenvalue weighted by molar-refractivity contribution is -0.116. The summed E-state index contributed by atoms with van der Waals surface area (Å²) in [6.07, 6.45) is 0.0623. The van der Waals surface area contributed by atoms with Crippen molar-refractivity contribution in [1.82, 2.24) is 10.3 Å². The van der Waals surface area contributed by atoms with Crippen LogP contribution < -0.4 is 30.7 Å². The number of hydrogen-bond donors (Lipinski definition) is 4. The van der Waals surface area contributed by atoms with E-state index in [4.69, 9.17) is 4.43 Å². The molecule has 0 saturated carbocycles. The number of carboxylic acid groups (broad SMARTS) is 1. The fourth-order valence-electron chi connectivity index (χ4n) is 5.45. The predicted octanol–water partition coefficient (Wildman–Crippen LogP) is 6.59. The lowest BCUT2D eigenvalue weighted by atomic mass is 10.2. The molecule has 238 valence electrons. The summed E-state index contributed by atoms with van der Waals surface area (Å²) in [5.41, 5.74) is 3.13. The summed E-state index contributed by atoms with van der Waals surface area (Å²) in [6.45, 7) is 10.9. The smallest absolute Gasteiger partial charge is 0.410 e.